The van der Waals surface area contributed by atoms with Crippen LogP contribution < -0.4 is 5.73 Å². The lowest BCUT2D eigenvalue weighted by atomic mass is 10.0. The van der Waals surface area contributed by atoms with E-state index in [4.69, 9.17) is 5.73 Å². The minimum absolute atomic E-state index is 0.205. The van der Waals surface area contributed by atoms with Crippen LogP contribution in [0.15, 0.2) is 34.1 Å². The van der Waals surface area contributed by atoms with Gasteiger partial charge in [-0.3, -0.25) is 0 Å². The van der Waals surface area contributed by atoms with Crippen molar-refractivity contribution >= 4 is 27.3 Å². The van der Waals surface area contributed by atoms with Crippen LogP contribution in [0.2, 0.25) is 0 Å². The predicted molar refractivity (Wildman–Crippen MR) is 69.2 cm³/mol. The summed E-state index contributed by atoms with van der Waals surface area (Å²) in [5.41, 5.74) is 7.52. The van der Waals surface area contributed by atoms with Crippen LogP contribution in [0.25, 0.3) is 0 Å². The molecule has 0 aliphatic carbocycles. The van der Waals surface area contributed by atoms with Crippen LogP contribution in [-0.2, 0) is 0 Å². The third kappa shape index (κ3) is 2.34. The summed E-state index contributed by atoms with van der Waals surface area (Å²) in [7, 11) is 0. The molecular weight excluding hydrogens is 289 g/mol. The number of halogens is 2. The number of rotatable bonds is 2. The standard InChI is InChI=1S/C12H11BrFNS/c1-7-2-3-8(4-10(7)14)12(15)11-5-9(13)6-16-11/h2-6,12H,15H2,1H3. The SMILES string of the molecule is Cc1ccc(C(N)c2cc(Br)cs2)cc1F. The zero-order chi connectivity index (χ0) is 11.7. The van der Waals surface area contributed by atoms with Crippen LogP contribution in [0.3, 0.4) is 0 Å². The van der Waals surface area contributed by atoms with Gasteiger partial charge < -0.3 is 5.73 Å². The molecule has 16 heavy (non-hydrogen) atoms. The highest BCUT2D eigenvalue weighted by Gasteiger charge is 2.12. The normalized spacial score (nSPS) is 12.8. The van der Waals surface area contributed by atoms with E-state index in [1.54, 1.807) is 24.3 Å². The first-order valence-electron chi connectivity index (χ1n) is 4.83. The third-order valence-corrected chi connectivity index (χ3v) is 4.23. The van der Waals surface area contributed by atoms with Gasteiger partial charge in [0.05, 0.1) is 6.04 Å². The molecule has 1 aromatic heterocycles. The number of thiophene rings is 1. The molecule has 1 atom stereocenters. The highest BCUT2D eigenvalue weighted by Crippen LogP contribution is 2.28. The summed E-state index contributed by atoms with van der Waals surface area (Å²) >= 11 is 4.95. The van der Waals surface area contributed by atoms with Gasteiger partial charge in [0.25, 0.3) is 0 Å². The monoisotopic (exact) mass is 299 g/mol. The van der Waals surface area contributed by atoms with Crippen molar-refractivity contribution in [1.82, 2.24) is 0 Å². The molecule has 0 saturated carbocycles. The second kappa shape index (κ2) is 4.65. The summed E-state index contributed by atoms with van der Waals surface area (Å²) in [6, 6.07) is 6.84. The number of hydrogen-bond donors (Lipinski definition) is 1. The minimum Gasteiger partial charge on any atom is -0.320 e. The molecule has 2 rings (SSSR count). The van der Waals surface area contributed by atoms with Crippen LogP contribution in [0.4, 0.5) is 4.39 Å². The second-order valence-corrected chi connectivity index (χ2v) is 5.51. The number of aryl methyl sites for hydroxylation is 1. The maximum atomic E-state index is 13.4. The predicted octanol–water partition coefficient (Wildman–Crippen LogP) is 4.01. The average molecular weight is 300 g/mol. The van der Waals surface area contributed by atoms with E-state index in [0.29, 0.717) is 5.56 Å². The highest BCUT2D eigenvalue weighted by molar-refractivity contribution is 9.10. The van der Waals surface area contributed by atoms with E-state index in [1.165, 1.54) is 6.07 Å². The van der Waals surface area contributed by atoms with Gasteiger partial charge in [0.2, 0.25) is 0 Å². The first-order chi connectivity index (χ1) is 7.58. The molecule has 0 radical (unpaired) electrons. The molecule has 1 unspecified atom stereocenters. The van der Waals surface area contributed by atoms with Crippen molar-refractivity contribution in [3.8, 4) is 0 Å². The zero-order valence-electron chi connectivity index (χ0n) is 8.71. The average Bonchev–Trinajstić information content (AvgIpc) is 2.68. The van der Waals surface area contributed by atoms with E-state index in [0.717, 1.165) is 14.9 Å². The molecule has 0 spiro atoms. The van der Waals surface area contributed by atoms with Gasteiger partial charge in [-0.1, -0.05) is 12.1 Å². The lowest BCUT2D eigenvalue weighted by molar-refractivity contribution is 0.614. The number of benzene rings is 1. The van der Waals surface area contributed by atoms with Crippen molar-refractivity contribution in [2.75, 3.05) is 0 Å². The molecule has 1 heterocycles. The molecule has 84 valence electrons. The summed E-state index contributed by atoms with van der Waals surface area (Å²) in [5.74, 6) is -0.205. The Morgan fingerprint density at radius 3 is 2.69 bits per heavy atom. The number of hydrogen-bond acceptors (Lipinski definition) is 2. The molecule has 0 bridgehead atoms. The second-order valence-electron chi connectivity index (χ2n) is 3.65. The first kappa shape index (κ1) is 11.8. The van der Waals surface area contributed by atoms with Crippen LogP contribution in [0.5, 0.6) is 0 Å². The Labute approximate surface area is 106 Å². The Bertz CT molecular complexity index is 509. The third-order valence-electron chi connectivity index (χ3n) is 2.45. The fraction of sp³-hybridized carbons (Fsp3) is 0.167. The van der Waals surface area contributed by atoms with Crippen LogP contribution >= 0.6 is 27.3 Å². The topological polar surface area (TPSA) is 26.0 Å². The fourth-order valence-corrected chi connectivity index (χ4v) is 2.93. The molecule has 2 N–H and O–H groups in total. The Morgan fingerprint density at radius 1 is 1.38 bits per heavy atom. The van der Waals surface area contributed by atoms with Crippen molar-refractivity contribution in [2.24, 2.45) is 5.73 Å². The molecule has 0 aliphatic rings. The fourth-order valence-electron chi connectivity index (χ4n) is 1.46. The van der Waals surface area contributed by atoms with E-state index >= 15 is 0 Å². The molecule has 1 nitrogen and oxygen atoms in total. The van der Waals surface area contributed by atoms with E-state index in [2.05, 4.69) is 15.9 Å². The van der Waals surface area contributed by atoms with Crippen molar-refractivity contribution < 1.29 is 4.39 Å². The molecule has 1 aromatic carbocycles. The Morgan fingerprint density at radius 2 is 2.12 bits per heavy atom. The van der Waals surface area contributed by atoms with Gasteiger partial charge in [0, 0.05) is 14.7 Å². The molecular formula is C12H11BrFNS. The van der Waals surface area contributed by atoms with Gasteiger partial charge in [-0.05, 0) is 46.1 Å². The largest absolute Gasteiger partial charge is 0.320 e. The van der Waals surface area contributed by atoms with Crippen molar-refractivity contribution in [1.29, 1.82) is 0 Å². The van der Waals surface area contributed by atoms with E-state index in [1.807, 2.05) is 17.5 Å². The molecule has 0 amide bonds. The van der Waals surface area contributed by atoms with Gasteiger partial charge >= 0.3 is 0 Å². The highest BCUT2D eigenvalue weighted by atomic mass is 79.9. The first-order valence-corrected chi connectivity index (χ1v) is 6.51. The van der Waals surface area contributed by atoms with E-state index in [9.17, 15) is 4.39 Å². The van der Waals surface area contributed by atoms with Gasteiger partial charge in [-0.25, -0.2) is 4.39 Å². The quantitative estimate of drug-likeness (QED) is 0.891. The van der Waals surface area contributed by atoms with Gasteiger partial charge in [0.1, 0.15) is 5.82 Å². The summed E-state index contributed by atoms with van der Waals surface area (Å²) in [4.78, 5) is 1.02. The Kier molecular flexibility index (Phi) is 3.42. The van der Waals surface area contributed by atoms with Gasteiger partial charge in [0.15, 0.2) is 0 Å². The van der Waals surface area contributed by atoms with Crippen LogP contribution in [0.1, 0.15) is 22.0 Å². The smallest absolute Gasteiger partial charge is 0.126 e. The van der Waals surface area contributed by atoms with Crippen LogP contribution in [0, 0.1) is 12.7 Å². The summed E-state index contributed by atoms with van der Waals surface area (Å²) in [5, 5.41) is 1.97. The molecule has 4 heteroatoms. The summed E-state index contributed by atoms with van der Waals surface area (Å²) < 4.78 is 14.4. The Balaban J connectivity index is 2.33. The van der Waals surface area contributed by atoms with E-state index < -0.39 is 0 Å². The number of nitrogens with two attached hydrogens (primary N) is 1. The molecule has 0 aliphatic heterocycles. The Hall–Kier alpha value is -0.710. The van der Waals surface area contributed by atoms with Crippen molar-refractivity contribution in [3.05, 3.63) is 55.9 Å². The lowest BCUT2D eigenvalue weighted by Gasteiger charge is -2.10. The van der Waals surface area contributed by atoms with Gasteiger partial charge in [-0.15, -0.1) is 11.3 Å². The maximum absolute atomic E-state index is 13.4. The lowest BCUT2D eigenvalue weighted by Crippen LogP contribution is -2.10. The molecule has 0 saturated heterocycles. The molecule has 0 fully saturated rings. The van der Waals surface area contributed by atoms with E-state index in [-0.39, 0.29) is 11.9 Å². The zero-order valence-corrected chi connectivity index (χ0v) is 11.1. The maximum Gasteiger partial charge on any atom is 0.126 e. The van der Waals surface area contributed by atoms with Crippen molar-refractivity contribution in [2.45, 2.75) is 13.0 Å². The summed E-state index contributed by atoms with van der Waals surface area (Å²) in [6.07, 6.45) is 0. The van der Waals surface area contributed by atoms with Crippen molar-refractivity contribution in [3.63, 3.8) is 0 Å². The van der Waals surface area contributed by atoms with Gasteiger partial charge in [-0.2, -0.15) is 0 Å². The molecule has 2 aromatic rings. The minimum atomic E-state index is -0.258. The van der Waals surface area contributed by atoms with Crippen LogP contribution in [-0.4, -0.2) is 0 Å². The summed E-state index contributed by atoms with van der Waals surface area (Å²) in [6.45, 7) is 1.74.